The molecule has 1 aliphatic rings. The minimum atomic E-state index is -1.01. The molecule has 0 saturated heterocycles. The highest BCUT2D eigenvalue weighted by atomic mass is 16.4. The SMILES string of the molecule is CCn1cc(C(=O)N2CCc3ccccc3[C@H]2C(=O)O)cn1. The Bertz CT molecular complexity index is 723. The second-order valence-electron chi connectivity index (χ2n) is 5.27. The van der Waals surface area contributed by atoms with E-state index in [1.807, 2.05) is 19.1 Å². The van der Waals surface area contributed by atoms with Gasteiger partial charge in [0.25, 0.3) is 5.91 Å². The summed E-state index contributed by atoms with van der Waals surface area (Å²) >= 11 is 0. The van der Waals surface area contributed by atoms with Crippen LogP contribution in [0.25, 0.3) is 0 Å². The van der Waals surface area contributed by atoms with Crippen LogP contribution in [0.1, 0.15) is 34.5 Å². The number of aromatic nitrogens is 2. The number of carbonyl (C=O) groups is 2. The van der Waals surface area contributed by atoms with E-state index >= 15 is 0 Å². The lowest BCUT2D eigenvalue weighted by Crippen LogP contribution is -2.43. The largest absolute Gasteiger partial charge is 0.479 e. The van der Waals surface area contributed by atoms with Gasteiger partial charge in [0.05, 0.1) is 11.8 Å². The summed E-state index contributed by atoms with van der Waals surface area (Å²) < 4.78 is 1.65. The van der Waals surface area contributed by atoms with Gasteiger partial charge in [-0.3, -0.25) is 9.48 Å². The second kappa shape index (κ2) is 5.63. The fourth-order valence-electron chi connectivity index (χ4n) is 2.86. The Morgan fingerprint density at radius 3 is 2.82 bits per heavy atom. The zero-order chi connectivity index (χ0) is 15.7. The molecule has 1 atom stereocenters. The van der Waals surface area contributed by atoms with Gasteiger partial charge < -0.3 is 10.0 Å². The molecule has 0 unspecified atom stereocenters. The van der Waals surface area contributed by atoms with E-state index in [0.717, 1.165) is 5.56 Å². The number of rotatable bonds is 3. The van der Waals surface area contributed by atoms with E-state index in [4.69, 9.17) is 0 Å². The lowest BCUT2D eigenvalue weighted by atomic mass is 9.92. The average Bonchev–Trinajstić information content (AvgIpc) is 3.02. The van der Waals surface area contributed by atoms with Gasteiger partial charge in [-0.15, -0.1) is 0 Å². The van der Waals surface area contributed by atoms with E-state index in [2.05, 4.69) is 5.10 Å². The monoisotopic (exact) mass is 299 g/mol. The average molecular weight is 299 g/mol. The molecule has 0 spiro atoms. The molecule has 1 aromatic heterocycles. The number of fused-ring (bicyclic) bond motifs is 1. The van der Waals surface area contributed by atoms with Crippen LogP contribution in [0.15, 0.2) is 36.7 Å². The van der Waals surface area contributed by atoms with Crippen molar-refractivity contribution in [3.8, 4) is 0 Å². The number of carboxylic acids is 1. The predicted octanol–water partition coefficient (Wildman–Crippen LogP) is 1.73. The molecular weight excluding hydrogens is 282 g/mol. The first-order chi connectivity index (χ1) is 10.6. The Kier molecular flexibility index (Phi) is 3.66. The Hall–Kier alpha value is -2.63. The van der Waals surface area contributed by atoms with Crippen LogP contribution < -0.4 is 0 Å². The van der Waals surface area contributed by atoms with Crippen molar-refractivity contribution in [2.45, 2.75) is 25.9 Å². The third-order valence-corrected chi connectivity index (χ3v) is 3.98. The van der Waals surface area contributed by atoms with Gasteiger partial charge in [-0.2, -0.15) is 5.10 Å². The maximum atomic E-state index is 12.7. The molecule has 6 nitrogen and oxygen atoms in total. The number of hydrogen-bond acceptors (Lipinski definition) is 3. The molecular formula is C16H17N3O3. The van der Waals surface area contributed by atoms with Crippen LogP contribution in [0.3, 0.4) is 0 Å². The van der Waals surface area contributed by atoms with Gasteiger partial charge >= 0.3 is 5.97 Å². The van der Waals surface area contributed by atoms with E-state index in [-0.39, 0.29) is 5.91 Å². The van der Waals surface area contributed by atoms with Crippen LogP contribution in [0, 0.1) is 0 Å². The molecule has 1 aromatic carbocycles. The Balaban J connectivity index is 1.96. The summed E-state index contributed by atoms with van der Waals surface area (Å²) in [5.74, 6) is -1.30. The van der Waals surface area contributed by atoms with Crippen molar-refractivity contribution in [1.82, 2.24) is 14.7 Å². The maximum absolute atomic E-state index is 12.7. The molecule has 1 N–H and O–H groups in total. The first-order valence-corrected chi connectivity index (χ1v) is 7.26. The van der Waals surface area contributed by atoms with Gasteiger partial charge in [0.1, 0.15) is 0 Å². The minimum absolute atomic E-state index is 0.290. The van der Waals surface area contributed by atoms with Crippen LogP contribution in [-0.2, 0) is 17.8 Å². The van der Waals surface area contributed by atoms with Gasteiger partial charge in [0.2, 0.25) is 0 Å². The van der Waals surface area contributed by atoms with Crippen molar-refractivity contribution in [2.24, 2.45) is 0 Å². The summed E-state index contributed by atoms with van der Waals surface area (Å²) in [6.45, 7) is 2.99. The van der Waals surface area contributed by atoms with E-state index < -0.39 is 12.0 Å². The quantitative estimate of drug-likeness (QED) is 0.936. The van der Waals surface area contributed by atoms with Gasteiger partial charge in [0, 0.05) is 19.3 Å². The van der Waals surface area contributed by atoms with Crippen molar-refractivity contribution in [1.29, 1.82) is 0 Å². The van der Waals surface area contributed by atoms with Gasteiger partial charge in [-0.1, -0.05) is 24.3 Å². The predicted molar refractivity (Wildman–Crippen MR) is 79.5 cm³/mol. The van der Waals surface area contributed by atoms with Crippen LogP contribution in [0.2, 0.25) is 0 Å². The smallest absolute Gasteiger partial charge is 0.331 e. The molecule has 114 valence electrons. The van der Waals surface area contributed by atoms with Crippen LogP contribution in [0.4, 0.5) is 0 Å². The number of hydrogen-bond donors (Lipinski definition) is 1. The van der Waals surface area contributed by atoms with Crippen molar-refractivity contribution >= 4 is 11.9 Å². The fourth-order valence-corrected chi connectivity index (χ4v) is 2.86. The molecule has 2 heterocycles. The second-order valence-corrected chi connectivity index (χ2v) is 5.27. The topological polar surface area (TPSA) is 75.4 Å². The highest BCUT2D eigenvalue weighted by Crippen LogP contribution is 2.31. The van der Waals surface area contributed by atoms with Crippen molar-refractivity contribution in [3.63, 3.8) is 0 Å². The molecule has 1 aliphatic heterocycles. The fraction of sp³-hybridized carbons (Fsp3) is 0.312. The summed E-state index contributed by atoms with van der Waals surface area (Å²) in [5, 5.41) is 13.7. The minimum Gasteiger partial charge on any atom is -0.479 e. The highest BCUT2D eigenvalue weighted by Gasteiger charge is 2.36. The number of amides is 1. The van der Waals surface area contributed by atoms with Gasteiger partial charge in [-0.25, -0.2) is 4.79 Å². The Morgan fingerprint density at radius 2 is 2.14 bits per heavy atom. The first kappa shape index (κ1) is 14.3. The standard InChI is InChI=1S/C16H17N3O3/c1-2-18-10-12(9-17-18)15(20)19-8-7-11-5-3-4-6-13(11)14(19)16(21)22/h3-6,9-10,14H,2,7-8H2,1H3,(H,21,22)/t14-/m0/s1. The molecule has 0 saturated carbocycles. The molecule has 2 aromatic rings. The molecule has 1 amide bonds. The molecule has 3 rings (SSSR count). The molecule has 22 heavy (non-hydrogen) atoms. The molecule has 0 radical (unpaired) electrons. The third-order valence-electron chi connectivity index (χ3n) is 3.98. The maximum Gasteiger partial charge on any atom is 0.331 e. The highest BCUT2D eigenvalue weighted by molar-refractivity contribution is 5.96. The molecule has 6 heteroatoms. The van der Waals surface area contributed by atoms with E-state index in [1.165, 1.54) is 11.1 Å². The summed E-state index contributed by atoms with van der Waals surface area (Å²) in [4.78, 5) is 25.8. The number of aryl methyl sites for hydroxylation is 1. The van der Waals surface area contributed by atoms with Crippen LogP contribution >= 0.6 is 0 Å². The number of carbonyl (C=O) groups excluding carboxylic acids is 1. The lowest BCUT2D eigenvalue weighted by molar-refractivity contribution is -0.143. The first-order valence-electron chi connectivity index (χ1n) is 7.26. The zero-order valence-electron chi connectivity index (χ0n) is 12.3. The van der Waals surface area contributed by atoms with E-state index in [1.54, 1.807) is 23.0 Å². The van der Waals surface area contributed by atoms with Crippen LogP contribution in [-0.4, -0.2) is 38.2 Å². The number of benzene rings is 1. The summed E-state index contributed by atoms with van der Waals surface area (Å²) in [7, 11) is 0. The van der Waals surface area contributed by atoms with E-state index in [9.17, 15) is 14.7 Å². The molecule has 0 aliphatic carbocycles. The van der Waals surface area contributed by atoms with Crippen LogP contribution in [0.5, 0.6) is 0 Å². The summed E-state index contributed by atoms with van der Waals surface area (Å²) in [6.07, 6.45) is 3.81. The van der Waals surface area contributed by atoms with Crippen molar-refractivity contribution in [3.05, 3.63) is 53.3 Å². The van der Waals surface area contributed by atoms with Gasteiger partial charge in [-0.05, 0) is 24.5 Å². The lowest BCUT2D eigenvalue weighted by Gasteiger charge is -2.34. The summed E-state index contributed by atoms with van der Waals surface area (Å²) in [5.41, 5.74) is 2.10. The third kappa shape index (κ3) is 2.36. The van der Waals surface area contributed by atoms with Crippen molar-refractivity contribution < 1.29 is 14.7 Å². The number of carboxylic acid groups (broad SMARTS) is 1. The summed E-state index contributed by atoms with van der Waals surface area (Å²) in [6, 6.07) is 6.45. The normalized spacial score (nSPS) is 17.1. The Labute approximate surface area is 128 Å². The Morgan fingerprint density at radius 1 is 1.36 bits per heavy atom. The number of aliphatic carboxylic acids is 1. The molecule has 0 fully saturated rings. The number of nitrogens with zero attached hydrogens (tertiary/aromatic N) is 3. The van der Waals surface area contributed by atoms with E-state index in [0.29, 0.717) is 30.6 Å². The van der Waals surface area contributed by atoms with Crippen molar-refractivity contribution in [2.75, 3.05) is 6.54 Å². The molecule has 0 bridgehead atoms. The zero-order valence-corrected chi connectivity index (χ0v) is 12.3. The van der Waals surface area contributed by atoms with Gasteiger partial charge in [0.15, 0.2) is 6.04 Å².